The van der Waals surface area contributed by atoms with Gasteiger partial charge in [-0.3, -0.25) is 4.98 Å². The molecule has 13 heavy (non-hydrogen) atoms. The fraction of sp³-hybridized carbons (Fsp3) is 0.100. The van der Waals surface area contributed by atoms with E-state index in [4.69, 9.17) is 5.11 Å². The van der Waals surface area contributed by atoms with Gasteiger partial charge in [0, 0.05) is 16.1 Å². The monoisotopic (exact) mass is 237 g/mol. The van der Waals surface area contributed by atoms with Crippen molar-refractivity contribution in [3.05, 3.63) is 40.5 Å². The van der Waals surface area contributed by atoms with Gasteiger partial charge in [-0.15, -0.1) is 0 Å². The van der Waals surface area contributed by atoms with Crippen molar-refractivity contribution >= 4 is 26.8 Å². The molecular weight excluding hydrogens is 230 g/mol. The zero-order valence-electron chi connectivity index (χ0n) is 6.87. The first-order valence-corrected chi connectivity index (χ1v) is 4.75. The highest BCUT2D eigenvalue weighted by atomic mass is 79.9. The standard InChI is InChI=1S/C10H8BrNO/c11-9-3-1-2-8-7(6-13)4-5-12-10(8)9/h1-5,13H,6H2. The summed E-state index contributed by atoms with van der Waals surface area (Å²) in [4.78, 5) is 4.23. The molecule has 0 saturated carbocycles. The van der Waals surface area contributed by atoms with Gasteiger partial charge in [0.05, 0.1) is 12.1 Å². The van der Waals surface area contributed by atoms with Gasteiger partial charge in [-0.2, -0.15) is 0 Å². The van der Waals surface area contributed by atoms with Crippen LogP contribution in [0.4, 0.5) is 0 Å². The Labute approximate surface area is 84.4 Å². The molecule has 0 radical (unpaired) electrons. The molecule has 0 aliphatic heterocycles. The van der Waals surface area contributed by atoms with E-state index in [1.54, 1.807) is 6.20 Å². The number of hydrogen-bond donors (Lipinski definition) is 1. The Kier molecular flexibility index (Phi) is 2.29. The van der Waals surface area contributed by atoms with Crippen LogP contribution in [0.15, 0.2) is 34.9 Å². The van der Waals surface area contributed by atoms with Gasteiger partial charge in [0.2, 0.25) is 0 Å². The predicted molar refractivity (Wildman–Crippen MR) is 55.4 cm³/mol. The van der Waals surface area contributed by atoms with Crippen LogP contribution < -0.4 is 0 Å². The molecule has 66 valence electrons. The van der Waals surface area contributed by atoms with Crippen LogP contribution in [-0.2, 0) is 6.61 Å². The molecule has 0 amide bonds. The SMILES string of the molecule is OCc1ccnc2c(Br)cccc12. The molecule has 2 nitrogen and oxygen atoms in total. The highest BCUT2D eigenvalue weighted by molar-refractivity contribution is 9.10. The summed E-state index contributed by atoms with van der Waals surface area (Å²) < 4.78 is 0.959. The lowest BCUT2D eigenvalue weighted by molar-refractivity contribution is 0.283. The molecule has 3 heteroatoms. The van der Waals surface area contributed by atoms with Crippen molar-refractivity contribution in [2.24, 2.45) is 0 Å². The second kappa shape index (κ2) is 3.44. The maximum absolute atomic E-state index is 9.08. The minimum atomic E-state index is 0.0511. The number of aliphatic hydroxyl groups is 1. The Hall–Kier alpha value is -0.930. The number of pyridine rings is 1. The van der Waals surface area contributed by atoms with E-state index in [1.807, 2.05) is 24.3 Å². The first-order valence-electron chi connectivity index (χ1n) is 3.96. The fourth-order valence-electron chi connectivity index (χ4n) is 1.34. The molecule has 1 N–H and O–H groups in total. The summed E-state index contributed by atoms with van der Waals surface area (Å²) in [5.41, 5.74) is 1.81. The summed E-state index contributed by atoms with van der Waals surface area (Å²) in [6.45, 7) is 0.0511. The topological polar surface area (TPSA) is 33.1 Å². The number of hydrogen-bond acceptors (Lipinski definition) is 2. The molecule has 1 heterocycles. The molecular formula is C10H8BrNO. The summed E-state index contributed by atoms with van der Waals surface area (Å²) in [5, 5.41) is 10.1. The second-order valence-corrected chi connectivity index (χ2v) is 3.62. The van der Waals surface area contributed by atoms with Crippen molar-refractivity contribution < 1.29 is 5.11 Å². The molecule has 1 aromatic heterocycles. The highest BCUT2D eigenvalue weighted by Crippen LogP contribution is 2.23. The Morgan fingerprint density at radius 1 is 1.31 bits per heavy atom. The largest absolute Gasteiger partial charge is 0.392 e. The summed E-state index contributed by atoms with van der Waals surface area (Å²) in [6, 6.07) is 7.66. The maximum atomic E-state index is 9.08. The lowest BCUT2D eigenvalue weighted by Gasteiger charge is -2.03. The normalized spacial score (nSPS) is 10.6. The van der Waals surface area contributed by atoms with Crippen molar-refractivity contribution in [1.29, 1.82) is 0 Å². The Morgan fingerprint density at radius 2 is 2.15 bits per heavy atom. The Morgan fingerprint density at radius 3 is 2.92 bits per heavy atom. The van der Waals surface area contributed by atoms with Gasteiger partial charge in [-0.1, -0.05) is 12.1 Å². The molecule has 0 aliphatic rings. The highest BCUT2D eigenvalue weighted by Gasteiger charge is 2.02. The minimum absolute atomic E-state index is 0.0511. The minimum Gasteiger partial charge on any atom is -0.392 e. The first kappa shape index (κ1) is 8.66. The van der Waals surface area contributed by atoms with Crippen molar-refractivity contribution in [2.75, 3.05) is 0 Å². The number of fused-ring (bicyclic) bond motifs is 1. The van der Waals surface area contributed by atoms with Gasteiger partial charge in [0.1, 0.15) is 0 Å². The van der Waals surface area contributed by atoms with Crippen LogP contribution in [-0.4, -0.2) is 10.1 Å². The quantitative estimate of drug-likeness (QED) is 0.827. The van der Waals surface area contributed by atoms with E-state index in [-0.39, 0.29) is 6.61 Å². The summed E-state index contributed by atoms with van der Waals surface area (Å²) in [7, 11) is 0. The lowest BCUT2D eigenvalue weighted by Crippen LogP contribution is -1.88. The van der Waals surface area contributed by atoms with E-state index in [9.17, 15) is 0 Å². The van der Waals surface area contributed by atoms with Crippen LogP contribution in [0.2, 0.25) is 0 Å². The van der Waals surface area contributed by atoms with Gasteiger partial charge in [0.15, 0.2) is 0 Å². The predicted octanol–water partition coefficient (Wildman–Crippen LogP) is 2.49. The Balaban J connectivity index is 2.84. The second-order valence-electron chi connectivity index (χ2n) is 2.76. The number of para-hydroxylation sites is 1. The summed E-state index contributed by atoms with van der Waals surface area (Å²) in [6.07, 6.45) is 1.71. The summed E-state index contributed by atoms with van der Waals surface area (Å²) in [5.74, 6) is 0. The number of aromatic nitrogens is 1. The number of benzene rings is 1. The zero-order chi connectivity index (χ0) is 9.26. The molecule has 0 spiro atoms. The molecule has 1 aromatic carbocycles. The van der Waals surface area contributed by atoms with E-state index < -0.39 is 0 Å². The first-order chi connectivity index (χ1) is 6.33. The van der Waals surface area contributed by atoms with E-state index in [1.165, 1.54) is 0 Å². The van der Waals surface area contributed by atoms with Crippen LogP contribution in [0.3, 0.4) is 0 Å². The van der Waals surface area contributed by atoms with E-state index in [0.29, 0.717) is 0 Å². The van der Waals surface area contributed by atoms with Crippen molar-refractivity contribution in [3.63, 3.8) is 0 Å². The molecule has 0 bridgehead atoms. The van der Waals surface area contributed by atoms with Gasteiger partial charge >= 0.3 is 0 Å². The molecule has 0 atom stereocenters. The van der Waals surface area contributed by atoms with Gasteiger partial charge in [-0.25, -0.2) is 0 Å². The van der Waals surface area contributed by atoms with Crippen molar-refractivity contribution in [3.8, 4) is 0 Å². The number of rotatable bonds is 1. The number of nitrogens with zero attached hydrogens (tertiary/aromatic N) is 1. The lowest BCUT2D eigenvalue weighted by atomic mass is 10.1. The van der Waals surface area contributed by atoms with Crippen LogP contribution in [0.25, 0.3) is 10.9 Å². The molecule has 0 saturated heterocycles. The van der Waals surface area contributed by atoms with Gasteiger partial charge < -0.3 is 5.11 Å². The third-order valence-electron chi connectivity index (χ3n) is 1.98. The van der Waals surface area contributed by atoms with Gasteiger partial charge in [-0.05, 0) is 33.6 Å². The molecule has 0 unspecified atom stereocenters. The van der Waals surface area contributed by atoms with E-state index in [0.717, 1.165) is 20.9 Å². The molecule has 2 rings (SSSR count). The van der Waals surface area contributed by atoms with Crippen LogP contribution in [0.1, 0.15) is 5.56 Å². The van der Waals surface area contributed by atoms with Gasteiger partial charge in [0.25, 0.3) is 0 Å². The molecule has 0 aliphatic carbocycles. The average molecular weight is 238 g/mol. The average Bonchev–Trinajstić information content (AvgIpc) is 2.18. The van der Waals surface area contributed by atoms with Crippen molar-refractivity contribution in [1.82, 2.24) is 4.98 Å². The van der Waals surface area contributed by atoms with Crippen LogP contribution >= 0.6 is 15.9 Å². The van der Waals surface area contributed by atoms with E-state index >= 15 is 0 Å². The Bertz CT molecular complexity index is 442. The maximum Gasteiger partial charge on any atom is 0.0847 e. The summed E-state index contributed by atoms with van der Waals surface area (Å²) >= 11 is 3.42. The third kappa shape index (κ3) is 1.45. The number of aliphatic hydroxyl groups excluding tert-OH is 1. The van der Waals surface area contributed by atoms with E-state index in [2.05, 4.69) is 20.9 Å². The van der Waals surface area contributed by atoms with Crippen LogP contribution in [0, 0.1) is 0 Å². The van der Waals surface area contributed by atoms with Crippen LogP contribution in [0.5, 0.6) is 0 Å². The number of halogens is 1. The molecule has 0 fully saturated rings. The molecule has 2 aromatic rings. The van der Waals surface area contributed by atoms with Crippen molar-refractivity contribution in [2.45, 2.75) is 6.61 Å². The third-order valence-corrected chi connectivity index (χ3v) is 2.62. The fourth-order valence-corrected chi connectivity index (χ4v) is 1.80. The smallest absolute Gasteiger partial charge is 0.0847 e. The zero-order valence-corrected chi connectivity index (χ0v) is 8.45.